The second kappa shape index (κ2) is 7.70. The van der Waals surface area contributed by atoms with Gasteiger partial charge in [-0.3, -0.25) is 14.9 Å². The lowest BCUT2D eigenvalue weighted by Gasteiger charge is -2.28. The first-order valence-electron chi connectivity index (χ1n) is 9.80. The average molecular weight is 409 g/mol. The van der Waals surface area contributed by atoms with Crippen molar-refractivity contribution in [1.29, 1.82) is 0 Å². The van der Waals surface area contributed by atoms with Crippen LogP contribution in [0.5, 0.6) is 5.75 Å². The monoisotopic (exact) mass is 409 g/mol. The molecule has 0 saturated carbocycles. The highest BCUT2D eigenvalue weighted by Gasteiger charge is 2.29. The molecule has 1 fully saturated rings. The van der Waals surface area contributed by atoms with Crippen LogP contribution in [0.25, 0.3) is 11.3 Å². The number of hydrogen-bond donors (Lipinski definition) is 2. The number of fused-ring (bicyclic) bond motifs is 1. The summed E-state index contributed by atoms with van der Waals surface area (Å²) in [5.41, 5.74) is 2.78. The largest absolute Gasteiger partial charge is 0.490 e. The molecular weight excluding hydrogens is 386 g/mol. The third-order valence-corrected chi connectivity index (χ3v) is 5.36. The summed E-state index contributed by atoms with van der Waals surface area (Å²) in [5.74, 6) is -0.245. The van der Waals surface area contributed by atoms with E-state index in [4.69, 9.17) is 9.47 Å². The fraction of sp³-hybridized carbons (Fsp3) is 0.318. The number of pyridine rings is 1. The van der Waals surface area contributed by atoms with Gasteiger partial charge in [-0.1, -0.05) is 19.9 Å². The first-order chi connectivity index (χ1) is 14.3. The fourth-order valence-corrected chi connectivity index (χ4v) is 3.67. The molecule has 30 heavy (non-hydrogen) atoms. The Morgan fingerprint density at radius 1 is 1.13 bits per heavy atom. The summed E-state index contributed by atoms with van der Waals surface area (Å²) in [5, 5.41) is 2.07. The maximum atomic E-state index is 12.9. The van der Waals surface area contributed by atoms with Crippen LogP contribution in [-0.4, -0.2) is 37.2 Å². The molecule has 0 aliphatic carbocycles. The van der Waals surface area contributed by atoms with Gasteiger partial charge in [-0.15, -0.1) is 0 Å². The number of aromatic amines is 1. The van der Waals surface area contributed by atoms with Crippen molar-refractivity contribution in [2.45, 2.75) is 19.8 Å². The Morgan fingerprint density at radius 2 is 1.93 bits per heavy atom. The van der Waals surface area contributed by atoms with Gasteiger partial charge < -0.3 is 19.4 Å². The Labute approximate surface area is 173 Å². The number of hydrogen-bond acceptors (Lipinski definition) is 6. The molecule has 8 heteroatoms. The molecule has 8 nitrogen and oxygen atoms in total. The molecule has 2 N–H and O–H groups in total. The summed E-state index contributed by atoms with van der Waals surface area (Å²) >= 11 is 0. The van der Waals surface area contributed by atoms with Gasteiger partial charge in [-0.05, 0) is 36.3 Å². The predicted molar refractivity (Wildman–Crippen MR) is 112 cm³/mol. The van der Waals surface area contributed by atoms with Crippen LogP contribution in [-0.2, 0) is 9.53 Å². The molecule has 0 bridgehead atoms. The molecule has 1 saturated heterocycles. The maximum Gasteiger partial charge on any atom is 0.419 e. The normalized spacial score (nSPS) is 18.1. The van der Waals surface area contributed by atoms with Crippen molar-refractivity contribution in [3.63, 3.8) is 0 Å². The molecule has 156 valence electrons. The van der Waals surface area contributed by atoms with E-state index in [9.17, 15) is 14.4 Å². The fourth-order valence-electron chi connectivity index (χ4n) is 3.67. The molecule has 2 aliphatic heterocycles. The highest BCUT2D eigenvalue weighted by molar-refractivity contribution is 6.07. The number of aromatic nitrogens is 1. The van der Waals surface area contributed by atoms with Gasteiger partial charge in [0.05, 0.1) is 12.2 Å². The lowest BCUT2D eigenvalue weighted by atomic mass is 9.88. The van der Waals surface area contributed by atoms with Crippen LogP contribution < -0.4 is 20.5 Å². The van der Waals surface area contributed by atoms with Gasteiger partial charge >= 0.3 is 6.09 Å². The van der Waals surface area contributed by atoms with E-state index in [0.29, 0.717) is 17.9 Å². The number of anilines is 1. The number of benzene rings is 1. The SMILES string of the molecule is CC(C)C(C=C1OC(=O)NC1=O)c1ccc(-c2ccc3c(c2)N(C)CCO3)[nH]c1=O. The van der Waals surface area contributed by atoms with Crippen LogP contribution in [0.15, 0.2) is 47.0 Å². The van der Waals surface area contributed by atoms with Crippen molar-refractivity contribution >= 4 is 17.7 Å². The van der Waals surface area contributed by atoms with E-state index < -0.39 is 17.9 Å². The Balaban J connectivity index is 1.68. The number of amides is 2. The standard InChI is InChI=1S/C22H23N3O5/c1-12(2)15(11-19-21(27)24-22(28)30-19)14-5-6-16(23-20(14)26)13-4-7-18-17(10-13)25(3)8-9-29-18/h4-7,10-12,15H,8-9H2,1-3H3,(H,23,26)(H,24,27,28). The van der Waals surface area contributed by atoms with Crippen molar-refractivity contribution in [3.8, 4) is 17.0 Å². The van der Waals surface area contributed by atoms with E-state index in [1.54, 1.807) is 6.07 Å². The number of likely N-dealkylation sites (N-methyl/N-ethyl adjacent to an activating group) is 1. The molecule has 2 amide bonds. The molecule has 0 spiro atoms. The zero-order valence-corrected chi connectivity index (χ0v) is 17.0. The smallest absolute Gasteiger partial charge is 0.419 e. The molecule has 1 unspecified atom stereocenters. The summed E-state index contributed by atoms with van der Waals surface area (Å²) in [6.07, 6.45) is 0.722. The van der Waals surface area contributed by atoms with E-state index in [-0.39, 0.29) is 17.2 Å². The molecule has 1 atom stereocenters. The van der Waals surface area contributed by atoms with Crippen molar-refractivity contribution in [1.82, 2.24) is 10.3 Å². The summed E-state index contributed by atoms with van der Waals surface area (Å²) < 4.78 is 10.6. The number of carbonyl (C=O) groups excluding carboxylic acids is 2. The van der Waals surface area contributed by atoms with Crippen LogP contribution in [0, 0.1) is 5.92 Å². The zero-order chi connectivity index (χ0) is 21.4. The van der Waals surface area contributed by atoms with Crippen molar-refractivity contribution in [2.75, 3.05) is 25.1 Å². The summed E-state index contributed by atoms with van der Waals surface area (Å²) in [4.78, 5) is 41.0. The van der Waals surface area contributed by atoms with Gasteiger partial charge in [-0.25, -0.2) is 4.79 Å². The second-order valence-corrected chi connectivity index (χ2v) is 7.75. The van der Waals surface area contributed by atoms with Crippen LogP contribution in [0.3, 0.4) is 0 Å². The average Bonchev–Trinajstić information content (AvgIpc) is 3.03. The molecule has 1 aromatic heterocycles. The Kier molecular flexibility index (Phi) is 5.07. The Bertz CT molecular complexity index is 1100. The highest BCUT2D eigenvalue weighted by Crippen LogP contribution is 2.34. The van der Waals surface area contributed by atoms with Gasteiger partial charge in [0, 0.05) is 29.8 Å². The number of nitrogens with one attached hydrogen (secondary N) is 2. The molecular formula is C22H23N3O5. The number of alkyl carbamates (subject to hydrolysis) is 1. The number of cyclic esters (lactones) is 1. The minimum atomic E-state index is -0.806. The molecule has 1 aromatic carbocycles. The van der Waals surface area contributed by atoms with Gasteiger partial charge in [0.1, 0.15) is 12.4 Å². The maximum absolute atomic E-state index is 12.9. The van der Waals surface area contributed by atoms with Crippen molar-refractivity contribution in [3.05, 3.63) is 58.1 Å². The number of nitrogens with zero attached hydrogens (tertiary/aromatic N) is 1. The minimum Gasteiger partial charge on any atom is -0.490 e. The summed E-state index contributed by atoms with van der Waals surface area (Å²) in [6.45, 7) is 5.31. The quantitative estimate of drug-likeness (QED) is 0.753. The lowest BCUT2D eigenvalue weighted by Crippen LogP contribution is -2.28. The number of rotatable bonds is 4. The predicted octanol–water partition coefficient (Wildman–Crippen LogP) is 2.76. The zero-order valence-electron chi connectivity index (χ0n) is 17.0. The second-order valence-electron chi connectivity index (χ2n) is 7.75. The number of allylic oxidation sites excluding steroid dienone is 1. The van der Waals surface area contributed by atoms with E-state index in [1.807, 2.05) is 45.2 Å². The van der Waals surface area contributed by atoms with Crippen LogP contribution in [0.1, 0.15) is 25.3 Å². The number of imide groups is 1. The molecule has 4 rings (SSSR count). The van der Waals surface area contributed by atoms with E-state index in [2.05, 4.69) is 15.2 Å². The van der Waals surface area contributed by atoms with Gasteiger partial charge in [0.25, 0.3) is 11.5 Å². The summed E-state index contributed by atoms with van der Waals surface area (Å²) in [6, 6.07) is 9.40. The number of ether oxygens (including phenoxy) is 2. The number of carbonyl (C=O) groups is 2. The lowest BCUT2D eigenvalue weighted by molar-refractivity contribution is -0.116. The first kappa shape index (κ1) is 19.8. The van der Waals surface area contributed by atoms with E-state index in [1.165, 1.54) is 6.08 Å². The Hall–Kier alpha value is -3.55. The molecule has 2 aliphatic rings. The molecule has 0 radical (unpaired) electrons. The van der Waals surface area contributed by atoms with Crippen LogP contribution >= 0.6 is 0 Å². The third kappa shape index (κ3) is 3.68. The van der Waals surface area contributed by atoms with Crippen LogP contribution in [0.2, 0.25) is 0 Å². The van der Waals surface area contributed by atoms with Gasteiger partial charge in [-0.2, -0.15) is 0 Å². The minimum absolute atomic E-state index is 0.00564. The first-order valence-corrected chi connectivity index (χ1v) is 9.80. The number of H-pyrrole nitrogens is 1. The Morgan fingerprint density at radius 3 is 2.60 bits per heavy atom. The van der Waals surface area contributed by atoms with Crippen LogP contribution in [0.4, 0.5) is 10.5 Å². The topological polar surface area (TPSA) is 101 Å². The van der Waals surface area contributed by atoms with E-state index >= 15 is 0 Å². The van der Waals surface area contributed by atoms with Crippen molar-refractivity contribution < 1.29 is 19.1 Å². The highest BCUT2D eigenvalue weighted by atomic mass is 16.6. The molecule has 2 aromatic rings. The summed E-state index contributed by atoms with van der Waals surface area (Å²) in [7, 11) is 2.00. The van der Waals surface area contributed by atoms with Crippen molar-refractivity contribution in [2.24, 2.45) is 5.92 Å². The molecule has 3 heterocycles. The van der Waals surface area contributed by atoms with E-state index in [0.717, 1.165) is 23.5 Å². The van der Waals surface area contributed by atoms with Gasteiger partial charge in [0.2, 0.25) is 0 Å². The third-order valence-electron chi connectivity index (χ3n) is 5.36. The van der Waals surface area contributed by atoms with Gasteiger partial charge in [0.15, 0.2) is 5.76 Å².